The third-order valence-electron chi connectivity index (χ3n) is 13.8. The van der Waals surface area contributed by atoms with E-state index in [1.165, 1.54) is 13.8 Å². The van der Waals surface area contributed by atoms with E-state index < -0.39 is 68.7 Å². The molecule has 4 aromatic rings. The van der Waals surface area contributed by atoms with Crippen LogP contribution in [0.4, 0.5) is 0 Å². The summed E-state index contributed by atoms with van der Waals surface area (Å²) in [7, 11) is 0. The topological polar surface area (TPSA) is 166 Å². The van der Waals surface area contributed by atoms with Gasteiger partial charge >= 0.3 is 0 Å². The smallest absolute Gasteiger partial charge is 0.226 e. The highest BCUT2D eigenvalue weighted by atomic mass is 16.2. The third-order valence-corrected chi connectivity index (χ3v) is 13.8. The summed E-state index contributed by atoms with van der Waals surface area (Å²) in [6, 6.07) is 28.2. The molecule has 0 aliphatic carbocycles. The van der Waals surface area contributed by atoms with Crippen molar-refractivity contribution in [2.45, 2.75) is 127 Å². The number of rotatable bonds is 6. The molecule has 1 aliphatic rings. The minimum atomic E-state index is -1.33. The summed E-state index contributed by atoms with van der Waals surface area (Å²) in [5.41, 5.74) is -2.71. The Morgan fingerprint density at radius 3 is 1.51 bits per heavy atom. The number of carbonyl (C=O) groups excluding carboxylic acids is 9. The van der Waals surface area contributed by atoms with Gasteiger partial charge in [-0.05, 0) is 48.6 Å². The first-order valence-electron chi connectivity index (χ1n) is 23.4. The maximum absolute atomic E-state index is 14.4. The molecule has 1 heterocycles. The van der Waals surface area contributed by atoms with Gasteiger partial charge in [-0.3, -0.25) is 43.2 Å². The van der Waals surface area contributed by atoms with Gasteiger partial charge in [0.05, 0.1) is 17.4 Å². The van der Waals surface area contributed by atoms with Gasteiger partial charge < -0.3 is 5.32 Å². The molecule has 0 saturated carbocycles. The summed E-state index contributed by atoms with van der Waals surface area (Å²) in [4.78, 5) is 126. The van der Waals surface area contributed by atoms with E-state index >= 15 is 0 Å². The number of nitrogens with one attached hydrogen (secondary N) is 1. The lowest BCUT2D eigenvalue weighted by Crippen LogP contribution is -2.47. The molecule has 1 amide bonds. The largest absolute Gasteiger partial charge is 0.346 e. The van der Waals surface area contributed by atoms with Crippen LogP contribution in [0.25, 0.3) is 10.8 Å². The lowest BCUT2D eigenvalue weighted by atomic mass is 9.70. The van der Waals surface area contributed by atoms with E-state index in [-0.39, 0.29) is 80.3 Å². The Bertz CT molecular complexity index is 2560. The number of amides is 1. The highest BCUT2D eigenvalue weighted by molar-refractivity contribution is 6.09. The zero-order valence-electron chi connectivity index (χ0n) is 40.9. The second-order valence-corrected chi connectivity index (χ2v) is 21.5. The molecule has 354 valence electrons. The molecule has 4 unspecified atom stereocenters. The second-order valence-electron chi connectivity index (χ2n) is 21.5. The van der Waals surface area contributed by atoms with E-state index in [9.17, 15) is 43.2 Å². The van der Waals surface area contributed by atoms with E-state index in [2.05, 4.69) is 5.32 Å². The summed E-state index contributed by atoms with van der Waals surface area (Å²) >= 11 is 0. The first kappa shape index (κ1) is 51.9. The first-order valence-corrected chi connectivity index (χ1v) is 23.4. The van der Waals surface area contributed by atoms with Crippen molar-refractivity contribution in [1.82, 2.24) is 5.32 Å². The van der Waals surface area contributed by atoms with Gasteiger partial charge in [0.1, 0.15) is 34.7 Å². The van der Waals surface area contributed by atoms with Crippen molar-refractivity contribution in [3.63, 3.8) is 0 Å². The van der Waals surface area contributed by atoms with E-state index in [1.807, 2.05) is 48.5 Å². The molecule has 0 radical (unpaired) electrons. The maximum atomic E-state index is 14.4. The molecule has 10 heteroatoms. The van der Waals surface area contributed by atoms with Crippen molar-refractivity contribution in [3.8, 4) is 0 Å². The van der Waals surface area contributed by atoms with Gasteiger partial charge in [-0.1, -0.05) is 152 Å². The van der Waals surface area contributed by atoms with Crippen LogP contribution in [0.5, 0.6) is 0 Å². The number of fused-ring (bicyclic) bond motifs is 1. The van der Waals surface area contributed by atoms with Crippen LogP contribution in [0.15, 0.2) is 97.1 Å². The summed E-state index contributed by atoms with van der Waals surface area (Å²) in [6.07, 6.45) is -1.22. The Morgan fingerprint density at radius 1 is 0.493 bits per heavy atom. The van der Waals surface area contributed by atoms with Gasteiger partial charge in [-0.25, -0.2) is 0 Å². The molecular weight excluding hydrogens is 843 g/mol. The van der Waals surface area contributed by atoms with Crippen LogP contribution in [-0.2, 0) is 51.2 Å². The van der Waals surface area contributed by atoms with Crippen molar-refractivity contribution in [2.24, 2.45) is 39.4 Å². The summed E-state index contributed by atoms with van der Waals surface area (Å²) < 4.78 is 0. The molecular formula is C57H67NO9. The quantitative estimate of drug-likeness (QED) is 0.146. The molecule has 5 rings (SSSR count). The molecule has 10 nitrogen and oxygen atoms in total. The van der Waals surface area contributed by atoms with Gasteiger partial charge in [-0.15, -0.1) is 0 Å². The molecule has 1 aliphatic heterocycles. The molecule has 1 saturated heterocycles. The monoisotopic (exact) mass is 909 g/mol. The van der Waals surface area contributed by atoms with Crippen LogP contribution in [0.1, 0.15) is 135 Å². The van der Waals surface area contributed by atoms with Gasteiger partial charge in [0.15, 0.2) is 11.6 Å². The molecule has 67 heavy (non-hydrogen) atoms. The van der Waals surface area contributed by atoms with Gasteiger partial charge in [0, 0.05) is 77.7 Å². The van der Waals surface area contributed by atoms with Crippen molar-refractivity contribution in [2.75, 3.05) is 0 Å². The highest BCUT2D eigenvalue weighted by Crippen LogP contribution is 2.36. The fourth-order valence-electron chi connectivity index (χ4n) is 8.99. The SMILES string of the molecule is CC1NC(=O)C(C)(C)CC(=O)C(Cc2ccc(C(=O)c3ccccc3)cc2)CC(=O)C(C)(C)CC(=O)C(C)C(=O)C(C)(C)CC(=O)C(Cc2ccc3ccccc3c2)CC(=O)C(C)(C)CC1=O. The van der Waals surface area contributed by atoms with E-state index in [4.69, 9.17) is 0 Å². The van der Waals surface area contributed by atoms with E-state index in [1.54, 1.807) is 104 Å². The number of benzene rings is 4. The van der Waals surface area contributed by atoms with Crippen molar-refractivity contribution in [3.05, 3.63) is 119 Å². The normalized spacial score (nSPS) is 23.7. The molecule has 4 aromatic carbocycles. The number of hydrogen-bond acceptors (Lipinski definition) is 9. The van der Waals surface area contributed by atoms with E-state index in [0.29, 0.717) is 16.7 Å². The minimum Gasteiger partial charge on any atom is -0.346 e. The van der Waals surface area contributed by atoms with Crippen LogP contribution < -0.4 is 5.32 Å². The van der Waals surface area contributed by atoms with Gasteiger partial charge in [0.25, 0.3) is 0 Å². The van der Waals surface area contributed by atoms with Crippen molar-refractivity contribution >= 4 is 62.9 Å². The number of carbonyl (C=O) groups is 9. The van der Waals surface area contributed by atoms with E-state index in [0.717, 1.165) is 16.3 Å². The van der Waals surface area contributed by atoms with Gasteiger partial charge in [0.2, 0.25) is 5.91 Å². The Labute approximate surface area is 395 Å². The van der Waals surface area contributed by atoms with Crippen LogP contribution >= 0.6 is 0 Å². The van der Waals surface area contributed by atoms with Crippen molar-refractivity contribution in [1.29, 1.82) is 0 Å². The zero-order chi connectivity index (χ0) is 49.6. The predicted molar refractivity (Wildman–Crippen MR) is 259 cm³/mol. The standard InChI is InChI=1S/C57H67NO9/c1-35-45(59)31-54(3,4)49(63)29-43(26-37-20-24-41(25-21-37)51(65)40-17-12-11-13-18-40)48(62)34-57(9,10)53(67)58-36(2)46(60)32-55(5,6)50(64)30-44(47(61)33-56(7,8)52(35)66)28-38-22-23-39-16-14-15-19-42(39)27-38/h11-25,27,35-36,43-44H,26,28-34H2,1-10H3,(H,58,67). The average molecular weight is 910 g/mol. The third kappa shape index (κ3) is 13.1. The van der Waals surface area contributed by atoms with Crippen LogP contribution in [0.3, 0.4) is 0 Å². The fourth-order valence-corrected chi connectivity index (χ4v) is 8.99. The zero-order valence-corrected chi connectivity index (χ0v) is 40.9. The average Bonchev–Trinajstić information content (AvgIpc) is 3.27. The number of hydrogen-bond donors (Lipinski definition) is 1. The summed E-state index contributed by atoms with van der Waals surface area (Å²) in [5.74, 6) is -6.45. The molecule has 1 N–H and O–H groups in total. The van der Waals surface area contributed by atoms with Gasteiger partial charge in [-0.2, -0.15) is 0 Å². The predicted octanol–water partition coefficient (Wildman–Crippen LogP) is 9.67. The molecule has 0 aromatic heterocycles. The van der Waals surface area contributed by atoms with Crippen LogP contribution in [0.2, 0.25) is 0 Å². The summed E-state index contributed by atoms with van der Waals surface area (Å²) in [6.45, 7) is 15.9. The molecule has 4 atom stereocenters. The Hall–Kier alpha value is -6.03. The Balaban J connectivity index is 1.47. The lowest BCUT2D eigenvalue weighted by Gasteiger charge is -2.30. The Morgan fingerprint density at radius 2 is 0.940 bits per heavy atom. The maximum Gasteiger partial charge on any atom is 0.226 e. The van der Waals surface area contributed by atoms with Crippen molar-refractivity contribution < 1.29 is 43.2 Å². The molecule has 1 fully saturated rings. The minimum absolute atomic E-state index is 0.100. The lowest BCUT2D eigenvalue weighted by molar-refractivity contribution is -0.143. The number of ketones is 8. The highest BCUT2D eigenvalue weighted by Gasteiger charge is 2.43. The Kier molecular flexibility index (Phi) is 16.2. The molecule has 0 bridgehead atoms. The number of Topliss-reactive ketones (excluding diaryl/α,β-unsaturated/α-hetero) is 7. The molecule has 0 spiro atoms. The summed E-state index contributed by atoms with van der Waals surface area (Å²) in [5, 5.41) is 4.74. The second kappa shape index (κ2) is 20.9. The first-order chi connectivity index (χ1) is 31.2. The fraction of sp³-hybridized carbons (Fsp3) is 0.456. The van der Waals surface area contributed by atoms with Crippen LogP contribution in [-0.4, -0.2) is 58.2 Å². The van der Waals surface area contributed by atoms with Crippen LogP contribution in [0, 0.1) is 39.4 Å².